The van der Waals surface area contributed by atoms with Gasteiger partial charge >= 0.3 is 0 Å². The summed E-state index contributed by atoms with van der Waals surface area (Å²) in [5.74, 6) is 0. The minimum absolute atomic E-state index is 0.281. The molecule has 0 amide bonds. The van der Waals surface area contributed by atoms with Crippen molar-refractivity contribution in [2.45, 2.75) is 45.2 Å². The van der Waals surface area contributed by atoms with Crippen LogP contribution in [0.4, 0.5) is 5.69 Å². The molecule has 3 nitrogen and oxygen atoms in total. The van der Waals surface area contributed by atoms with E-state index in [9.17, 15) is 0 Å². The molecule has 0 spiro atoms. The Morgan fingerprint density at radius 2 is 2.17 bits per heavy atom. The van der Waals surface area contributed by atoms with Crippen LogP contribution < -0.4 is 10.6 Å². The molecule has 1 aromatic heterocycles. The van der Waals surface area contributed by atoms with Gasteiger partial charge in [0.05, 0.1) is 6.04 Å². The van der Waals surface area contributed by atoms with Crippen LogP contribution in [0.3, 0.4) is 0 Å². The number of nitrogens with one attached hydrogen (secondary N) is 2. The average Bonchev–Trinajstić information content (AvgIpc) is 2.52. The van der Waals surface area contributed by atoms with Gasteiger partial charge in [-0.2, -0.15) is 0 Å². The molecule has 2 heterocycles. The van der Waals surface area contributed by atoms with Gasteiger partial charge in [-0.3, -0.25) is 4.98 Å². The number of halogens is 1. The minimum Gasteiger partial charge on any atom is -0.378 e. The van der Waals surface area contributed by atoms with E-state index in [0.717, 1.165) is 41.4 Å². The van der Waals surface area contributed by atoms with Gasteiger partial charge in [-0.1, -0.05) is 30.7 Å². The molecule has 4 heteroatoms. The molecule has 23 heavy (non-hydrogen) atoms. The summed E-state index contributed by atoms with van der Waals surface area (Å²) >= 11 is 6.14. The topological polar surface area (TPSA) is 37.0 Å². The largest absolute Gasteiger partial charge is 0.378 e. The van der Waals surface area contributed by atoms with Crippen LogP contribution in [0.1, 0.15) is 42.6 Å². The number of benzene rings is 1. The van der Waals surface area contributed by atoms with Gasteiger partial charge < -0.3 is 10.6 Å². The highest BCUT2D eigenvalue weighted by Crippen LogP contribution is 2.26. The molecule has 0 aliphatic carbocycles. The maximum Gasteiger partial charge on any atom is 0.0511 e. The molecule has 1 aromatic carbocycles. The van der Waals surface area contributed by atoms with Crippen molar-refractivity contribution < 1.29 is 0 Å². The molecule has 2 atom stereocenters. The van der Waals surface area contributed by atoms with E-state index >= 15 is 0 Å². The van der Waals surface area contributed by atoms with Gasteiger partial charge in [0, 0.05) is 35.1 Å². The second-order valence-electron chi connectivity index (χ2n) is 6.29. The van der Waals surface area contributed by atoms with Gasteiger partial charge in [-0.15, -0.1) is 0 Å². The zero-order valence-corrected chi connectivity index (χ0v) is 14.5. The van der Waals surface area contributed by atoms with Crippen LogP contribution in [0.15, 0.2) is 36.5 Å². The highest BCUT2D eigenvalue weighted by Gasteiger charge is 2.17. The Bertz CT molecular complexity index is 667. The number of aryl methyl sites for hydroxylation is 1. The lowest BCUT2D eigenvalue weighted by Crippen LogP contribution is -2.44. The number of hydrogen-bond donors (Lipinski definition) is 2. The fourth-order valence-electron chi connectivity index (χ4n) is 2.96. The quantitative estimate of drug-likeness (QED) is 0.818. The minimum atomic E-state index is 0.281. The molecular formula is C19H24ClN3. The maximum atomic E-state index is 6.14. The number of anilines is 1. The van der Waals surface area contributed by atoms with E-state index in [1.807, 2.05) is 18.3 Å². The zero-order chi connectivity index (χ0) is 16.2. The summed E-state index contributed by atoms with van der Waals surface area (Å²) in [4.78, 5) is 4.50. The van der Waals surface area contributed by atoms with E-state index in [4.69, 9.17) is 11.6 Å². The van der Waals surface area contributed by atoms with Gasteiger partial charge in [-0.25, -0.2) is 0 Å². The van der Waals surface area contributed by atoms with Crippen molar-refractivity contribution in [3.63, 3.8) is 0 Å². The van der Waals surface area contributed by atoms with E-state index in [1.165, 1.54) is 12.0 Å². The first-order valence-corrected chi connectivity index (χ1v) is 8.74. The normalized spacial score (nSPS) is 18.3. The van der Waals surface area contributed by atoms with Gasteiger partial charge in [0.2, 0.25) is 0 Å². The average molecular weight is 330 g/mol. The van der Waals surface area contributed by atoms with Crippen molar-refractivity contribution in [3.8, 4) is 0 Å². The van der Waals surface area contributed by atoms with Gasteiger partial charge in [-0.05, 0) is 55.6 Å². The molecule has 1 aliphatic heterocycles. The fraction of sp³-hybridized carbons (Fsp3) is 0.421. The molecule has 1 aliphatic rings. The smallest absolute Gasteiger partial charge is 0.0511 e. The summed E-state index contributed by atoms with van der Waals surface area (Å²) in [5, 5.41) is 7.89. The summed E-state index contributed by atoms with van der Waals surface area (Å²) in [5.41, 5.74) is 4.67. The standard InChI is InChI=1S/C19H24ClN3/c1-3-19(14-4-5-18(20)13(2)10-14)23-16-7-9-22-17(12-16)11-15-6-8-21-15/h4-5,7,9-10,12,15,19,21H,3,6,8,11H2,1-2H3,(H,22,23)/t15?,19-/m1/s1. The van der Waals surface area contributed by atoms with E-state index in [0.29, 0.717) is 6.04 Å². The SMILES string of the molecule is CC[C@@H](Nc1ccnc(CC2CCN2)c1)c1ccc(Cl)c(C)c1. The highest BCUT2D eigenvalue weighted by atomic mass is 35.5. The second kappa shape index (κ2) is 7.33. The Balaban J connectivity index is 1.72. The van der Waals surface area contributed by atoms with E-state index < -0.39 is 0 Å². The number of aromatic nitrogens is 1. The zero-order valence-electron chi connectivity index (χ0n) is 13.8. The third-order valence-corrected chi connectivity index (χ3v) is 4.96. The van der Waals surface area contributed by atoms with Crippen LogP contribution in [-0.2, 0) is 6.42 Å². The van der Waals surface area contributed by atoms with E-state index in [-0.39, 0.29) is 6.04 Å². The molecule has 0 radical (unpaired) electrons. The second-order valence-corrected chi connectivity index (χ2v) is 6.70. The molecular weight excluding hydrogens is 306 g/mol. The van der Waals surface area contributed by atoms with Crippen LogP contribution in [0.5, 0.6) is 0 Å². The molecule has 1 saturated heterocycles. The summed E-state index contributed by atoms with van der Waals surface area (Å²) in [6.45, 7) is 5.38. The lowest BCUT2D eigenvalue weighted by molar-refractivity contribution is 0.367. The molecule has 1 fully saturated rings. The number of pyridine rings is 1. The summed E-state index contributed by atoms with van der Waals surface area (Å²) < 4.78 is 0. The van der Waals surface area contributed by atoms with Crippen molar-refractivity contribution in [1.29, 1.82) is 0 Å². The third-order valence-electron chi connectivity index (χ3n) is 4.53. The predicted molar refractivity (Wildman–Crippen MR) is 97.2 cm³/mol. The molecule has 1 unspecified atom stereocenters. The molecule has 0 saturated carbocycles. The van der Waals surface area contributed by atoms with Crippen molar-refractivity contribution in [2.24, 2.45) is 0 Å². The molecule has 2 N–H and O–H groups in total. The van der Waals surface area contributed by atoms with Crippen LogP contribution in [-0.4, -0.2) is 17.6 Å². The molecule has 2 aromatic rings. The Labute approximate surface area is 143 Å². The van der Waals surface area contributed by atoms with Crippen molar-refractivity contribution in [3.05, 3.63) is 58.4 Å². The van der Waals surface area contributed by atoms with E-state index in [2.05, 4.69) is 47.7 Å². The van der Waals surface area contributed by atoms with Gasteiger partial charge in [0.15, 0.2) is 0 Å². The summed E-state index contributed by atoms with van der Waals surface area (Å²) in [7, 11) is 0. The van der Waals surface area contributed by atoms with Crippen molar-refractivity contribution in [1.82, 2.24) is 10.3 Å². The van der Waals surface area contributed by atoms with E-state index in [1.54, 1.807) is 0 Å². The van der Waals surface area contributed by atoms with Crippen LogP contribution >= 0.6 is 11.6 Å². The summed E-state index contributed by atoms with van der Waals surface area (Å²) in [6, 6.07) is 11.4. The Morgan fingerprint density at radius 1 is 1.35 bits per heavy atom. The highest BCUT2D eigenvalue weighted by molar-refractivity contribution is 6.31. The predicted octanol–water partition coefficient (Wildman–Crippen LogP) is 4.51. The van der Waals surface area contributed by atoms with Crippen LogP contribution in [0.25, 0.3) is 0 Å². The molecule has 3 rings (SSSR count). The van der Waals surface area contributed by atoms with Crippen molar-refractivity contribution in [2.75, 3.05) is 11.9 Å². The lowest BCUT2D eigenvalue weighted by Gasteiger charge is -2.27. The summed E-state index contributed by atoms with van der Waals surface area (Å²) in [6.07, 6.45) is 5.17. The first kappa shape index (κ1) is 16.3. The monoisotopic (exact) mass is 329 g/mol. The lowest BCUT2D eigenvalue weighted by atomic mass is 10.0. The Hall–Kier alpha value is -1.58. The third kappa shape index (κ3) is 4.04. The molecule has 0 bridgehead atoms. The number of rotatable bonds is 6. The van der Waals surface area contributed by atoms with Gasteiger partial charge in [0.1, 0.15) is 0 Å². The first-order valence-electron chi connectivity index (χ1n) is 8.36. The van der Waals surface area contributed by atoms with Gasteiger partial charge in [0.25, 0.3) is 0 Å². The molecule has 122 valence electrons. The van der Waals surface area contributed by atoms with Crippen LogP contribution in [0, 0.1) is 6.92 Å². The Kier molecular flexibility index (Phi) is 5.19. The first-order chi connectivity index (χ1) is 11.2. The van der Waals surface area contributed by atoms with Crippen LogP contribution in [0.2, 0.25) is 5.02 Å². The fourth-order valence-corrected chi connectivity index (χ4v) is 3.08. The van der Waals surface area contributed by atoms with Crippen molar-refractivity contribution >= 4 is 17.3 Å². The number of hydrogen-bond acceptors (Lipinski definition) is 3. The number of nitrogens with zero attached hydrogens (tertiary/aromatic N) is 1. The maximum absolute atomic E-state index is 6.14. The Morgan fingerprint density at radius 3 is 2.83 bits per heavy atom.